The van der Waals surface area contributed by atoms with E-state index in [-0.39, 0.29) is 11.1 Å². The first-order valence-corrected chi connectivity index (χ1v) is 4.42. The van der Waals surface area contributed by atoms with Crippen LogP contribution in [0.2, 0.25) is 0 Å². The molecule has 2 aromatic rings. The second-order valence-corrected chi connectivity index (χ2v) is 3.18. The Morgan fingerprint density at radius 1 is 1.56 bits per heavy atom. The lowest BCUT2D eigenvalue weighted by atomic mass is 10.0. The van der Waals surface area contributed by atoms with Crippen LogP contribution in [-0.4, -0.2) is 26.2 Å². The third-order valence-corrected chi connectivity index (χ3v) is 2.26. The van der Waals surface area contributed by atoms with Crippen LogP contribution >= 0.6 is 0 Å². The number of fused-ring (bicyclic) bond motifs is 1. The first-order chi connectivity index (χ1) is 7.65. The average Bonchev–Trinajstić information content (AvgIpc) is 2.74. The summed E-state index contributed by atoms with van der Waals surface area (Å²) in [6.07, 6.45) is -0.370. The summed E-state index contributed by atoms with van der Waals surface area (Å²) in [7, 11) is 0. The largest absolute Gasteiger partial charge is 0.479 e. The minimum absolute atomic E-state index is 0.0220. The van der Waals surface area contributed by atoms with E-state index >= 15 is 0 Å². The number of nitrogens with zero attached hydrogens (tertiary/aromatic N) is 2. The van der Waals surface area contributed by atoms with Crippen LogP contribution in [0.3, 0.4) is 0 Å². The van der Waals surface area contributed by atoms with Crippen LogP contribution < -0.4 is 0 Å². The number of aliphatic carboxylic acids is 1. The van der Waals surface area contributed by atoms with E-state index in [1.807, 2.05) is 6.07 Å². The van der Waals surface area contributed by atoms with Gasteiger partial charge >= 0.3 is 5.97 Å². The number of hydrogen-bond acceptors (Lipinski definition) is 4. The van der Waals surface area contributed by atoms with E-state index in [0.29, 0.717) is 11.0 Å². The van der Waals surface area contributed by atoms with Crippen molar-refractivity contribution in [3.8, 4) is 6.07 Å². The number of imidazole rings is 1. The van der Waals surface area contributed by atoms with Crippen molar-refractivity contribution in [1.82, 2.24) is 9.97 Å². The fraction of sp³-hybridized carbons (Fsp3) is 0.100. The Bertz CT molecular complexity index is 597. The van der Waals surface area contributed by atoms with Crippen LogP contribution in [0.1, 0.15) is 17.2 Å². The molecule has 1 heterocycles. The average molecular weight is 217 g/mol. The number of nitriles is 1. The summed E-state index contributed by atoms with van der Waals surface area (Å²) >= 11 is 0. The molecule has 16 heavy (non-hydrogen) atoms. The zero-order valence-corrected chi connectivity index (χ0v) is 8.01. The number of benzene rings is 1. The second kappa shape index (κ2) is 3.64. The van der Waals surface area contributed by atoms with Gasteiger partial charge in [0.05, 0.1) is 29.0 Å². The monoisotopic (exact) mass is 217 g/mol. The van der Waals surface area contributed by atoms with Crippen molar-refractivity contribution in [2.24, 2.45) is 0 Å². The van der Waals surface area contributed by atoms with Gasteiger partial charge < -0.3 is 15.2 Å². The number of nitrogens with one attached hydrogen (secondary N) is 1. The van der Waals surface area contributed by atoms with Crippen LogP contribution in [0.25, 0.3) is 11.0 Å². The summed E-state index contributed by atoms with van der Waals surface area (Å²) in [5, 5.41) is 27.1. The SMILES string of the molecule is N#Cc1ccc2[nH]cnc2c1C(O)C(=O)O. The van der Waals surface area contributed by atoms with Crippen molar-refractivity contribution in [2.45, 2.75) is 6.10 Å². The molecule has 80 valence electrons. The van der Waals surface area contributed by atoms with Crippen molar-refractivity contribution in [2.75, 3.05) is 0 Å². The van der Waals surface area contributed by atoms with Crippen molar-refractivity contribution in [3.63, 3.8) is 0 Å². The predicted octanol–water partition coefficient (Wildman–Crippen LogP) is 0.553. The Hall–Kier alpha value is -2.39. The summed E-state index contributed by atoms with van der Waals surface area (Å²) in [4.78, 5) is 17.4. The number of carboxylic acids is 1. The number of aliphatic hydroxyl groups is 1. The third kappa shape index (κ3) is 1.39. The number of carbonyl (C=O) groups is 1. The van der Waals surface area contributed by atoms with E-state index in [2.05, 4.69) is 9.97 Å². The fourth-order valence-electron chi connectivity index (χ4n) is 1.53. The second-order valence-electron chi connectivity index (χ2n) is 3.18. The number of H-pyrrole nitrogens is 1. The first kappa shape index (κ1) is 10.1. The van der Waals surface area contributed by atoms with E-state index in [9.17, 15) is 9.90 Å². The van der Waals surface area contributed by atoms with Crippen molar-refractivity contribution < 1.29 is 15.0 Å². The van der Waals surface area contributed by atoms with Gasteiger partial charge in [0.1, 0.15) is 0 Å². The fourth-order valence-corrected chi connectivity index (χ4v) is 1.53. The standard InChI is InChI=1S/C10H7N3O3/c11-3-5-1-2-6-8(13-4-12-6)7(5)9(14)10(15)16/h1-2,4,9,14H,(H,12,13)(H,15,16). The molecule has 0 aliphatic heterocycles. The molecule has 0 bridgehead atoms. The predicted molar refractivity (Wildman–Crippen MR) is 53.4 cm³/mol. The van der Waals surface area contributed by atoms with E-state index in [1.54, 1.807) is 6.07 Å². The Kier molecular flexibility index (Phi) is 2.31. The van der Waals surface area contributed by atoms with Crippen LogP contribution in [0, 0.1) is 11.3 Å². The van der Waals surface area contributed by atoms with Crippen LogP contribution in [0.4, 0.5) is 0 Å². The maximum absolute atomic E-state index is 10.7. The highest BCUT2D eigenvalue weighted by Gasteiger charge is 2.23. The topological polar surface area (TPSA) is 110 Å². The Morgan fingerprint density at radius 3 is 2.94 bits per heavy atom. The molecule has 6 heteroatoms. The minimum Gasteiger partial charge on any atom is -0.479 e. The summed E-state index contributed by atoms with van der Waals surface area (Å²) in [5.41, 5.74) is 1.01. The maximum Gasteiger partial charge on any atom is 0.337 e. The quantitative estimate of drug-likeness (QED) is 0.680. The number of aliphatic hydroxyl groups excluding tert-OH is 1. The molecular formula is C10H7N3O3. The smallest absolute Gasteiger partial charge is 0.337 e. The first-order valence-electron chi connectivity index (χ1n) is 4.42. The highest BCUT2D eigenvalue weighted by Crippen LogP contribution is 2.25. The summed E-state index contributed by atoms with van der Waals surface area (Å²) < 4.78 is 0. The molecule has 1 atom stereocenters. The number of aromatic amines is 1. The molecule has 0 fully saturated rings. The van der Waals surface area contributed by atoms with Gasteiger partial charge in [-0.25, -0.2) is 9.78 Å². The van der Waals surface area contributed by atoms with Crippen LogP contribution in [-0.2, 0) is 4.79 Å². The number of hydrogen-bond donors (Lipinski definition) is 3. The molecule has 0 spiro atoms. The van der Waals surface area contributed by atoms with Gasteiger partial charge in [0.15, 0.2) is 6.10 Å². The Morgan fingerprint density at radius 2 is 2.31 bits per heavy atom. The molecule has 1 unspecified atom stereocenters. The van der Waals surface area contributed by atoms with Crippen LogP contribution in [0.5, 0.6) is 0 Å². The van der Waals surface area contributed by atoms with Gasteiger partial charge in [-0.1, -0.05) is 0 Å². The lowest BCUT2D eigenvalue weighted by Gasteiger charge is -2.08. The van der Waals surface area contributed by atoms with E-state index in [1.165, 1.54) is 12.4 Å². The molecule has 0 radical (unpaired) electrons. The van der Waals surface area contributed by atoms with Crippen LogP contribution in [0.15, 0.2) is 18.5 Å². The Balaban J connectivity index is 2.77. The van der Waals surface area contributed by atoms with Gasteiger partial charge in [-0.3, -0.25) is 0 Å². The normalized spacial score (nSPS) is 12.2. The lowest BCUT2D eigenvalue weighted by molar-refractivity contribution is -0.146. The number of rotatable bonds is 2. The van der Waals surface area contributed by atoms with E-state index in [4.69, 9.17) is 10.4 Å². The van der Waals surface area contributed by atoms with Crippen molar-refractivity contribution >= 4 is 17.0 Å². The van der Waals surface area contributed by atoms with Crippen molar-refractivity contribution in [3.05, 3.63) is 29.6 Å². The van der Waals surface area contributed by atoms with Gasteiger partial charge in [0.2, 0.25) is 0 Å². The Labute approximate surface area is 89.8 Å². The zero-order chi connectivity index (χ0) is 11.7. The zero-order valence-electron chi connectivity index (χ0n) is 8.01. The molecule has 3 N–H and O–H groups in total. The minimum atomic E-state index is -1.75. The highest BCUT2D eigenvalue weighted by molar-refractivity contribution is 5.87. The summed E-state index contributed by atoms with van der Waals surface area (Å²) in [5.74, 6) is -1.41. The molecule has 0 saturated carbocycles. The van der Waals surface area contributed by atoms with E-state index in [0.717, 1.165) is 0 Å². The summed E-state index contributed by atoms with van der Waals surface area (Å²) in [6, 6.07) is 4.89. The number of aromatic nitrogens is 2. The molecule has 0 aliphatic rings. The molecule has 2 rings (SSSR count). The van der Waals surface area contributed by atoms with Gasteiger partial charge in [-0.2, -0.15) is 5.26 Å². The van der Waals surface area contributed by atoms with Crippen molar-refractivity contribution in [1.29, 1.82) is 5.26 Å². The van der Waals surface area contributed by atoms with E-state index < -0.39 is 12.1 Å². The van der Waals surface area contributed by atoms with Gasteiger partial charge in [0.25, 0.3) is 0 Å². The lowest BCUT2D eigenvalue weighted by Crippen LogP contribution is -2.12. The molecular weight excluding hydrogens is 210 g/mol. The molecule has 6 nitrogen and oxygen atoms in total. The highest BCUT2D eigenvalue weighted by atomic mass is 16.4. The van der Waals surface area contributed by atoms with Gasteiger partial charge in [0, 0.05) is 5.56 Å². The molecule has 0 amide bonds. The summed E-state index contributed by atoms with van der Waals surface area (Å²) in [6.45, 7) is 0. The van der Waals surface area contributed by atoms with Gasteiger partial charge in [-0.15, -0.1) is 0 Å². The number of carboxylic acid groups (broad SMARTS) is 1. The molecule has 1 aromatic heterocycles. The molecule has 1 aromatic carbocycles. The third-order valence-electron chi connectivity index (χ3n) is 2.26. The maximum atomic E-state index is 10.7. The van der Waals surface area contributed by atoms with Gasteiger partial charge in [-0.05, 0) is 12.1 Å². The molecule has 0 aliphatic carbocycles. The molecule has 0 saturated heterocycles.